The van der Waals surface area contributed by atoms with Crippen LogP contribution in [-0.4, -0.2) is 31.9 Å². The van der Waals surface area contributed by atoms with Crippen LogP contribution in [-0.2, 0) is 10.0 Å². The van der Waals surface area contributed by atoms with Gasteiger partial charge in [0, 0.05) is 12.6 Å². The fourth-order valence-corrected chi connectivity index (χ4v) is 3.21. The van der Waals surface area contributed by atoms with Crippen LogP contribution >= 0.6 is 0 Å². The Kier molecular flexibility index (Phi) is 5.08. The Labute approximate surface area is 131 Å². The van der Waals surface area contributed by atoms with E-state index in [-0.39, 0.29) is 23.0 Å². The van der Waals surface area contributed by atoms with Crippen molar-refractivity contribution in [3.8, 4) is 0 Å². The molecule has 2 rings (SSSR count). The number of hydrogen-bond donors (Lipinski definition) is 2. The molecule has 1 heterocycles. The van der Waals surface area contributed by atoms with Gasteiger partial charge in [-0.25, -0.2) is 18.4 Å². The molecule has 0 saturated carbocycles. The summed E-state index contributed by atoms with van der Waals surface area (Å²) in [7, 11) is -3.69. The summed E-state index contributed by atoms with van der Waals surface area (Å²) in [6.45, 7) is 4.72. The fourth-order valence-electron chi connectivity index (χ4n) is 2.70. The number of primary sulfonamides is 1. The molecule has 0 radical (unpaired) electrons. The maximum Gasteiger partial charge on any atom is 0.318 e. The second kappa shape index (κ2) is 6.66. The molecular formula is C15H23N3O3S. The Morgan fingerprint density at radius 1 is 1.32 bits per heavy atom. The predicted molar refractivity (Wildman–Crippen MR) is 84.8 cm³/mol. The van der Waals surface area contributed by atoms with Crippen LogP contribution in [0.4, 0.5) is 4.79 Å². The van der Waals surface area contributed by atoms with Crippen molar-refractivity contribution in [1.29, 1.82) is 0 Å². The van der Waals surface area contributed by atoms with E-state index < -0.39 is 10.0 Å². The van der Waals surface area contributed by atoms with Crippen molar-refractivity contribution in [2.24, 2.45) is 5.14 Å². The average molecular weight is 325 g/mol. The Balaban J connectivity index is 2.02. The zero-order valence-corrected chi connectivity index (χ0v) is 13.8. The van der Waals surface area contributed by atoms with E-state index in [4.69, 9.17) is 5.14 Å². The molecule has 1 aromatic rings. The van der Waals surface area contributed by atoms with Crippen molar-refractivity contribution in [1.82, 2.24) is 10.2 Å². The number of piperidine rings is 1. The van der Waals surface area contributed by atoms with Gasteiger partial charge >= 0.3 is 6.03 Å². The lowest BCUT2D eigenvalue weighted by Crippen LogP contribution is -2.48. The third kappa shape index (κ3) is 3.98. The van der Waals surface area contributed by atoms with Gasteiger partial charge in [-0.3, -0.25) is 0 Å². The van der Waals surface area contributed by atoms with Crippen LogP contribution < -0.4 is 10.5 Å². The number of urea groups is 1. The SMILES string of the molecule is CC(NC(=O)N1CCCCC1C)c1ccc(S(N)(=O)=O)cc1. The van der Waals surface area contributed by atoms with Crippen LogP contribution in [0.15, 0.2) is 29.2 Å². The summed E-state index contributed by atoms with van der Waals surface area (Å²) in [5, 5.41) is 8.03. The molecule has 2 amide bonds. The van der Waals surface area contributed by atoms with Crippen LogP contribution in [0.25, 0.3) is 0 Å². The predicted octanol–water partition coefficient (Wildman–Crippen LogP) is 1.98. The quantitative estimate of drug-likeness (QED) is 0.890. The van der Waals surface area contributed by atoms with Crippen LogP contribution in [0, 0.1) is 0 Å². The van der Waals surface area contributed by atoms with Crippen LogP contribution in [0.3, 0.4) is 0 Å². The highest BCUT2D eigenvalue weighted by Crippen LogP contribution is 2.19. The van der Waals surface area contributed by atoms with E-state index in [1.165, 1.54) is 12.1 Å². The lowest BCUT2D eigenvalue weighted by Gasteiger charge is -2.34. The van der Waals surface area contributed by atoms with Crippen LogP contribution in [0.2, 0.25) is 0 Å². The van der Waals surface area contributed by atoms with Gasteiger partial charge in [0.15, 0.2) is 0 Å². The molecule has 1 saturated heterocycles. The topological polar surface area (TPSA) is 92.5 Å². The number of nitrogens with two attached hydrogens (primary N) is 1. The highest BCUT2D eigenvalue weighted by molar-refractivity contribution is 7.89. The summed E-state index contributed by atoms with van der Waals surface area (Å²) in [5.74, 6) is 0. The molecule has 7 heteroatoms. The minimum absolute atomic E-state index is 0.0689. The number of carbonyl (C=O) groups excluding carboxylic acids is 1. The maximum absolute atomic E-state index is 12.3. The molecule has 2 atom stereocenters. The van der Waals surface area contributed by atoms with Crippen molar-refractivity contribution in [2.45, 2.75) is 50.1 Å². The van der Waals surface area contributed by atoms with Gasteiger partial charge in [-0.2, -0.15) is 0 Å². The first-order chi connectivity index (χ1) is 10.3. The van der Waals surface area contributed by atoms with Crippen molar-refractivity contribution in [2.75, 3.05) is 6.54 Å². The molecule has 122 valence electrons. The lowest BCUT2D eigenvalue weighted by molar-refractivity contribution is 0.155. The standard InChI is InChI=1S/C15H23N3O3S/c1-11-5-3-4-10-18(11)15(19)17-12(2)13-6-8-14(9-7-13)22(16,20)21/h6-9,11-12H,3-5,10H2,1-2H3,(H,17,19)(H2,16,20,21). The minimum Gasteiger partial charge on any atom is -0.331 e. The maximum atomic E-state index is 12.3. The van der Waals surface area contributed by atoms with Gasteiger partial charge in [0.2, 0.25) is 10.0 Å². The molecule has 22 heavy (non-hydrogen) atoms. The van der Waals surface area contributed by atoms with Gasteiger partial charge in [0.1, 0.15) is 0 Å². The van der Waals surface area contributed by atoms with E-state index in [2.05, 4.69) is 12.2 Å². The highest BCUT2D eigenvalue weighted by Gasteiger charge is 2.24. The molecule has 1 fully saturated rings. The Bertz CT molecular complexity index is 628. The third-order valence-electron chi connectivity index (χ3n) is 4.11. The van der Waals surface area contributed by atoms with Crippen molar-refractivity contribution >= 4 is 16.1 Å². The van der Waals surface area contributed by atoms with Gasteiger partial charge in [-0.15, -0.1) is 0 Å². The normalized spacial score (nSPS) is 20.5. The van der Waals surface area contributed by atoms with Gasteiger partial charge in [-0.1, -0.05) is 12.1 Å². The summed E-state index contributed by atoms with van der Waals surface area (Å²) in [6.07, 6.45) is 3.23. The molecular weight excluding hydrogens is 302 g/mol. The largest absolute Gasteiger partial charge is 0.331 e. The number of nitrogens with one attached hydrogen (secondary N) is 1. The molecule has 3 N–H and O–H groups in total. The second-order valence-corrected chi connectivity index (χ2v) is 7.38. The zero-order chi connectivity index (χ0) is 16.3. The summed E-state index contributed by atoms with van der Waals surface area (Å²) in [5.41, 5.74) is 0.838. The Hall–Kier alpha value is -1.60. The van der Waals surface area contributed by atoms with Crippen molar-refractivity contribution in [3.05, 3.63) is 29.8 Å². The molecule has 0 aromatic heterocycles. The minimum atomic E-state index is -3.69. The molecule has 1 aliphatic rings. The van der Waals surface area contributed by atoms with E-state index in [9.17, 15) is 13.2 Å². The summed E-state index contributed by atoms with van der Waals surface area (Å²) in [6, 6.07) is 6.24. The Morgan fingerprint density at radius 3 is 2.50 bits per heavy atom. The summed E-state index contributed by atoms with van der Waals surface area (Å²) in [4.78, 5) is 14.2. The second-order valence-electron chi connectivity index (χ2n) is 5.82. The molecule has 6 nitrogen and oxygen atoms in total. The number of benzene rings is 1. The monoisotopic (exact) mass is 325 g/mol. The number of amides is 2. The first-order valence-electron chi connectivity index (χ1n) is 7.49. The van der Waals surface area contributed by atoms with E-state index in [0.29, 0.717) is 0 Å². The smallest absolute Gasteiger partial charge is 0.318 e. The van der Waals surface area contributed by atoms with E-state index in [0.717, 1.165) is 31.4 Å². The third-order valence-corrected chi connectivity index (χ3v) is 5.04. The van der Waals surface area contributed by atoms with Crippen molar-refractivity contribution in [3.63, 3.8) is 0 Å². The van der Waals surface area contributed by atoms with E-state index >= 15 is 0 Å². The number of hydrogen-bond acceptors (Lipinski definition) is 3. The number of sulfonamides is 1. The number of rotatable bonds is 3. The molecule has 1 aliphatic heterocycles. The average Bonchev–Trinajstić information content (AvgIpc) is 2.46. The number of likely N-dealkylation sites (tertiary alicyclic amines) is 1. The number of carbonyl (C=O) groups is 1. The molecule has 0 aliphatic carbocycles. The van der Waals surface area contributed by atoms with Gasteiger partial charge in [0.05, 0.1) is 10.9 Å². The number of nitrogens with zero attached hydrogens (tertiary/aromatic N) is 1. The van der Waals surface area contributed by atoms with E-state index in [1.807, 2.05) is 11.8 Å². The molecule has 0 bridgehead atoms. The van der Waals surface area contributed by atoms with Gasteiger partial charge < -0.3 is 10.2 Å². The van der Waals surface area contributed by atoms with Crippen LogP contribution in [0.1, 0.15) is 44.7 Å². The Morgan fingerprint density at radius 2 is 1.95 bits per heavy atom. The highest BCUT2D eigenvalue weighted by atomic mass is 32.2. The molecule has 0 spiro atoms. The fraction of sp³-hybridized carbons (Fsp3) is 0.533. The first-order valence-corrected chi connectivity index (χ1v) is 9.03. The van der Waals surface area contributed by atoms with E-state index in [1.54, 1.807) is 12.1 Å². The van der Waals surface area contributed by atoms with Gasteiger partial charge in [0.25, 0.3) is 0 Å². The van der Waals surface area contributed by atoms with Gasteiger partial charge in [-0.05, 0) is 50.8 Å². The molecule has 2 unspecified atom stereocenters. The van der Waals surface area contributed by atoms with Crippen LogP contribution in [0.5, 0.6) is 0 Å². The first kappa shape index (κ1) is 16.8. The van der Waals surface area contributed by atoms with Crippen molar-refractivity contribution < 1.29 is 13.2 Å². The summed E-state index contributed by atoms with van der Waals surface area (Å²) < 4.78 is 22.5. The summed E-state index contributed by atoms with van der Waals surface area (Å²) >= 11 is 0. The molecule has 1 aromatic carbocycles. The zero-order valence-electron chi connectivity index (χ0n) is 13.0. The lowest BCUT2D eigenvalue weighted by atomic mass is 10.0.